The van der Waals surface area contributed by atoms with E-state index in [1.165, 1.54) is 6.21 Å². The number of nitrogens with zero attached hydrogens (tertiary/aromatic N) is 1. The maximum Gasteiger partial charge on any atom is 0.329 e. The Kier molecular flexibility index (Phi) is 9.22. The van der Waals surface area contributed by atoms with Crippen LogP contribution in [0.5, 0.6) is 5.75 Å². The first kappa shape index (κ1) is 23.6. The van der Waals surface area contributed by atoms with E-state index in [1.54, 1.807) is 24.3 Å². The van der Waals surface area contributed by atoms with Crippen molar-refractivity contribution in [2.75, 3.05) is 18.5 Å². The van der Waals surface area contributed by atoms with Crippen LogP contribution in [-0.2, 0) is 20.8 Å². The van der Waals surface area contributed by atoms with Crippen LogP contribution in [0.15, 0.2) is 53.6 Å². The third-order valence-electron chi connectivity index (χ3n) is 4.16. The zero-order chi connectivity index (χ0) is 22.6. The van der Waals surface area contributed by atoms with Crippen molar-refractivity contribution >= 4 is 29.6 Å². The quantitative estimate of drug-likeness (QED) is 0.326. The molecule has 0 saturated heterocycles. The van der Waals surface area contributed by atoms with Crippen molar-refractivity contribution in [2.45, 2.75) is 27.2 Å². The summed E-state index contributed by atoms with van der Waals surface area (Å²) in [6.07, 6.45) is 2.20. The first-order chi connectivity index (χ1) is 14.9. The SMILES string of the molecule is CCc1ccccc1NC(=O)COc1cccc(/C=N\NC(=O)C(=O)NCC(C)C)c1. The third kappa shape index (κ3) is 8.30. The second kappa shape index (κ2) is 12.1. The van der Waals surface area contributed by atoms with E-state index < -0.39 is 11.8 Å². The van der Waals surface area contributed by atoms with Crippen molar-refractivity contribution in [1.82, 2.24) is 10.7 Å². The number of aryl methyl sites for hydroxylation is 1. The van der Waals surface area contributed by atoms with E-state index >= 15 is 0 Å². The van der Waals surface area contributed by atoms with Gasteiger partial charge in [-0.3, -0.25) is 14.4 Å². The van der Waals surface area contributed by atoms with Crippen molar-refractivity contribution in [3.63, 3.8) is 0 Å². The Labute approximate surface area is 182 Å². The Morgan fingerprint density at radius 1 is 1.06 bits per heavy atom. The number of carbonyl (C=O) groups excluding carboxylic acids is 3. The summed E-state index contributed by atoms with van der Waals surface area (Å²) >= 11 is 0. The van der Waals surface area contributed by atoms with Crippen molar-refractivity contribution < 1.29 is 19.1 Å². The standard InChI is InChI=1S/C23H28N4O4/c1-4-18-9-5-6-11-20(18)26-21(28)15-31-19-10-7-8-17(12-19)14-25-27-23(30)22(29)24-13-16(2)3/h5-12,14,16H,4,13,15H2,1-3H3,(H,24,29)(H,26,28)(H,27,30)/b25-14-. The van der Waals surface area contributed by atoms with E-state index in [-0.39, 0.29) is 18.4 Å². The lowest BCUT2D eigenvalue weighted by atomic mass is 10.1. The summed E-state index contributed by atoms with van der Waals surface area (Å²) in [7, 11) is 0. The summed E-state index contributed by atoms with van der Waals surface area (Å²) in [5, 5.41) is 9.13. The van der Waals surface area contributed by atoms with Gasteiger partial charge in [-0.05, 0) is 41.7 Å². The number of ether oxygens (including phenoxy) is 1. The van der Waals surface area contributed by atoms with Gasteiger partial charge in [-0.1, -0.05) is 51.1 Å². The molecule has 0 aliphatic rings. The van der Waals surface area contributed by atoms with E-state index in [9.17, 15) is 14.4 Å². The zero-order valence-corrected chi connectivity index (χ0v) is 18.0. The van der Waals surface area contributed by atoms with Gasteiger partial charge < -0.3 is 15.4 Å². The number of nitrogens with one attached hydrogen (secondary N) is 3. The zero-order valence-electron chi connectivity index (χ0n) is 18.0. The minimum absolute atomic E-state index is 0.147. The van der Waals surface area contributed by atoms with Crippen LogP contribution >= 0.6 is 0 Å². The lowest BCUT2D eigenvalue weighted by Crippen LogP contribution is -2.39. The van der Waals surface area contributed by atoms with Gasteiger partial charge in [-0.2, -0.15) is 5.10 Å². The summed E-state index contributed by atoms with van der Waals surface area (Å²) in [6.45, 7) is 6.14. The van der Waals surface area contributed by atoms with Gasteiger partial charge in [0.1, 0.15) is 5.75 Å². The molecule has 31 heavy (non-hydrogen) atoms. The van der Waals surface area contributed by atoms with Gasteiger partial charge in [-0.15, -0.1) is 0 Å². The predicted octanol–water partition coefficient (Wildman–Crippen LogP) is 2.49. The number of amides is 3. The number of rotatable bonds is 9. The van der Waals surface area contributed by atoms with Gasteiger partial charge in [0.15, 0.2) is 6.61 Å². The molecule has 2 rings (SSSR count). The molecule has 2 aromatic carbocycles. The highest BCUT2D eigenvalue weighted by Gasteiger charge is 2.12. The molecule has 0 fully saturated rings. The summed E-state index contributed by atoms with van der Waals surface area (Å²) in [4.78, 5) is 35.5. The number of hydrazone groups is 1. The molecule has 164 valence electrons. The van der Waals surface area contributed by atoms with Crippen molar-refractivity contribution in [3.05, 3.63) is 59.7 Å². The lowest BCUT2D eigenvalue weighted by Gasteiger charge is -2.10. The molecular weight excluding hydrogens is 396 g/mol. The fourth-order valence-corrected chi connectivity index (χ4v) is 2.56. The van der Waals surface area contributed by atoms with Gasteiger partial charge >= 0.3 is 11.8 Å². The highest BCUT2D eigenvalue weighted by Crippen LogP contribution is 2.16. The average Bonchev–Trinajstić information content (AvgIpc) is 2.76. The maximum atomic E-state index is 12.2. The maximum absolute atomic E-state index is 12.2. The van der Waals surface area contributed by atoms with Crippen LogP contribution in [0.25, 0.3) is 0 Å². The summed E-state index contributed by atoms with van der Waals surface area (Å²) < 4.78 is 5.55. The normalized spacial score (nSPS) is 10.7. The topological polar surface area (TPSA) is 109 Å². The molecular formula is C23H28N4O4. The molecule has 3 amide bonds. The van der Waals surface area contributed by atoms with Gasteiger partial charge in [-0.25, -0.2) is 5.43 Å². The summed E-state index contributed by atoms with van der Waals surface area (Å²) in [5.41, 5.74) is 4.63. The molecule has 0 aromatic heterocycles. The smallest absolute Gasteiger partial charge is 0.329 e. The number of carbonyl (C=O) groups is 3. The molecule has 0 saturated carbocycles. The van der Waals surface area contributed by atoms with Crippen LogP contribution in [0.1, 0.15) is 31.9 Å². The fraction of sp³-hybridized carbons (Fsp3) is 0.304. The lowest BCUT2D eigenvalue weighted by molar-refractivity contribution is -0.139. The Hall–Kier alpha value is -3.68. The van der Waals surface area contributed by atoms with Crippen LogP contribution in [0.3, 0.4) is 0 Å². The molecule has 2 aromatic rings. The third-order valence-corrected chi connectivity index (χ3v) is 4.16. The Balaban J connectivity index is 1.84. The number of para-hydroxylation sites is 1. The molecule has 0 aliphatic heterocycles. The number of hydrogen-bond donors (Lipinski definition) is 3. The second-order valence-electron chi connectivity index (χ2n) is 7.22. The molecule has 0 unspecified atom stereocenters. The Bertz CT molecular complexity index is 941. The van der Waals surface area contributed by atoms with E-state index in [0.29, 0.717) is 17.9 Å². The van der Waals surface area contributed by atoms with Crippen LogP contribution in [-0.4, -0.2) is 37.1 Å². The monoisotopic (exact) mass is 424 g/mol. The van der Waals surface area contributed by atoms with Crippen LogP contribution in [0, 0.1) is 5.92 Å². The largest absolute Gasteiger partial charge is 0.484 e. The predicted molar refractivity (Wildman–Crippen MR) is 120 cm³/mol. The minimum atomic E-state index is -0.840. The fourth-order valence-electron chi connectivity index (χ4n) is 2.56. The number of benzene rings is 2. The second-order valence-corrected chi connectivity index (χ2v) is 7.22. The summed E-state index contributed by atoms with van der Waals surface area (Å²) in [5.74, 6) is -1.12. The van der Waals surface area contributed by atoms with Crippen molar-refractivity contribution in [3.8, 4) is 5.75 Å². The van der Waals surface area contributed by atoms with E-state index in [4.69, 9.17) is 4.74 Å². The highest BCUT2D eigenvalue weighted by atomic mass is 16.5. The molecule has 3 N–H and O–H groups in total. The van der Waals surface area contributed by atoms with Crippen molar-refractivity contribution in [2.24, 2.45) is 11.0 Å². The average molecular weight is 425 g/mol. The molecule has 0 heterocycles. The van der Waals surface area contributed by atoms with E-state index in [0.717, 1.165) is 17.7 Å². The molecule has 0 aliphatic carbocycles. The van der Waals surface area contributed by atoms with Gasteiger partial charge in [0.2, 0.25) is 0 Å². The molecule has 0 spiro atoms. The van der Waals surface area contributed by atoms with Crippen LogP contribution in [0.4, 0.5) is 5.69 Å². The molecule has 8 nitrogen and oxygen atoms in total. The molecule has 8 heteroatoms. The molecule has 0 bridgehead atoms. The first-order valence-corrected chi connectivity index (χ1v) is 10.1. The van der Waals surface area contributed by atoms with E-state index in [2.05, 4.69) is 21.2 Å². The molecule has 0 radical (unpaired) electrons. The van der Waals surface area contributed by atoms with Crippen molar-refractivity contribution in [1.29, 1.82) is 0 Å². The van der Waals surface area contributed by atoms with E-state index in [1.807, 2.05) is 45.0 Å². The van der Waals surface area contributed by atoms with Crippen LogP contribution < -0.4 is 20.8 Å². The Morgan fingerprint density at radius 2 is 1.84 bits per heavy atom. The number of hydrogen-bond acceptors (Lipinski definition) is 5. The summed E-state index contributed by atoms with van der Waals surface area (Å²) in [6, 6.07) is 14.5. The van der Waals surface area contributed by atoms with Gasteiger partial charge in [0.05, 0.1) is 6.21 Å². The highest BCUT2D eigenvalue weighted by molar-refractivity contribution is 6.35. The van der Waals surface area contributed by atoms with Gasteiger partial charge in [0.25, 0.3) is 5.91 Å². The minimum Gasteiger partial charge on any atom is -0.484 e. The Morgan fingerprint density at radius 3 is 2.58 bits per heavy atom. The first-order valence-electron chi connectivity index (χ1n) is 10.1. The molecule has 0 atom stereocenters. The van der Waals surface area contributed by atoms with Crippen LogP contribution in [0.2, 0.25) is 0 Å². The van der Waals surface area contributed by atoms with Gasteiger partial charge in [0, 0.05) is 12.2 Å². The number of anilines is 1.